The van der Waals surface area contributed by atoms with Crippen molar-refractivity contribution in [3.8, 4) is 0 Å². The molecular weight excluding hydrogens is 230 g/mol. The lowest BCUT2D eigenvalue weighted by Gasteiger charge is -2.60. The molecule has 1 heteroatoms. The molecule has 19 heavy (non-hydrogen) atoms. The van der Waals surface area contributed by atoms with Gasteiger partial charge in [-0.3, -0.25) is 0 Å². The first kappa shape index (κ1) is 12.0. The second kappa shape index (κ2) is 4.09. The third-order valence-corrected chi connectivity index (χ3v) is 6.32. The molecule has 1 N–H and O–H groups in total. The smallest absolute Gasteiger partial charge is 0.0121 e. The lowest BCUT2D eigenvalue weighted by atomic mass is 9.46. The van der Waals surface area contributed by atoms with E-state index in [1.54, 1.807) is 5.56 Å². The van der Waals surface area contributed by atoms with Crippen LogP contribution < -0.4 is 5.32 Å². The maximum atomic E-state index is 3.63. The van der Waals surface area contributed by atoms with Gasteiger partial charge in [0.1, 0.15) is 0 Å². The van der Waals surface area contributed by atoms with Crippen LogP contribution in [0, 0.1) is 24.7 Å². The van der Waals surface area contributed by atoms with Gasteiger partial charge in [0, 0.05) is 6.04 Å². The fourth-order valence-electron chi connectivity index (χ4n) is 5.99. The van der Waals surface area contributed by atoms with Gasteiger partial charge in [-0.05, 0) is 80.4 Å². The summed E-state index contributed by atoms with van der Waals surface area (Å²) in [7, 11) is 2.17. The van der Waals surface area contributed by atoms with Gasteiger partial charge in [0.15, 0.2) is 0 Å². The molecule has 2 atom stereocenters. The Kier molecular flexibility index (Phi) is 2.57. The largest absolute Gasteiger partial charge is 0.316 e. The minimum Gasteiger partial charge on any atom is -0.316 e. The van der Waals surface area contributed by atoms with E-state index < -0.39 is 0 Å². The molecule has 0 spiro atoms. The van der Waals surface area contributed by atoms with Crippen molar-refractivity contribution in [2.75, 3.05) is 7.05 Å². The SMILES string of the molecule is CNC1C2CC3CC1CC(c1ccccc1C)(C3)C2. The molecule has 2 unspecified atom stereocenters. The first-order valence-corrected chi connectivity index (χ1v) is 7.95. The van der Waals surface area contributed by atoms with Gasteiger partial charge in [0.25, 0.3) is 0 Å². The summed E-state index contributed by atoms with van der Waals surface area (Å²) in [6.45, 7) is 2.31. The molecule has 4 saturated carbocycles. The minimum atomic E-state index is 0.523. The Morgan fingerprint density at radius 1 is 1.05 bits per heavy atom. The van der Waals surface area contributed by atoms with E-state index in [1.807, 2.05) is 0 Å². The molecule has 1 aromatic carbocycles. The average Bonchev–Trinajstić information content (AvgIpc) is 2.38. The molecule has 0 radical (unpaired) electrons. The molecule has 4 aliphatic rings. The van der Waals surface area contributed by atoms with Crippen molar-refractivity contribution in [1.82, 2.24) is 5.32 Å². The van der Waals surface area contributed by atoms with Crippen LogP contribution in [0.1, 0.15) is 43.2 Å². The van der Waals surface area contributed by atoms with Gasteiger partial charge in [-0.25, -0.2) is 0 Å². The lowest BCUT2D eigenvalue weighted by Crippen LogP contribution is -2.59. The van der Waals surface area contributed by atoms with E-state index in [1.165, 1.54) is 37.7 Å². The van der Waals surface area contributed by atoms with E-state index in [9.17, 15) is 0 Å². The number of benzene rings is 1. The minimum absolute atomic E-state index is 0.523. The number of aryl methyl sites for hydroxylation is 1. The maximum absolute atomic E-state index is 3.63. The molecule has 0 saturated heterocycles. The van der Waals surface area contributed by atoms with Gasteiger partial charge in [0.05, 0.1) is 0 Å². The fraction of sp³-hybridized carbons (Fsp3) is 0.667. The highest BCUT2D eigenvalue weighted by Crippen LogP contribution is 2.61. The summed E-state index contributed by atoms with van der Waals surface area (Å²) in [5, 5.41) is 3.63. The first-order chi connectivity index (χ1) is 9.22. The molecule has 1 nitrogen and oxygen atoms in total. The Labute approximate surface area is 116 Å². The monoisotopic (exact) mass is 255 g/mol. The third kappa shape index (κ3) is 1.64. The Morgan fingerprint density at radius 2 is 1.74 bits per heavy atom. The molecule has 4 fully saturated rings. The van der Waals surface area contributed by atoms with Crippen LogP contribution in [0.4, 0.5) is 0 Å². The molecule has 102 valence electrons. The molecular formula is C18H25N. The summed E-state index contributed by atoms with van der Waals surface area (Å²) in [4.78, 5) is 0. The highest BCUT2D eigenvalue weighted by Gasteiger charge is 2.55. The van der Waals surface area contributed by atoms with Crippen LogP contribution in [-0.4, -0.2) is 13.1 Å². The Morgan fingerprint density at radius 3 is 2.37 bits per heavy atom. The zero-order valence-corrected chi connectivity index (χ0v) is 12.2. The highest BCUT2D eigenvalue weighted by atomic mass is 14.9. The van der Waals surface area contributed by atoms with Crippen molar-refractivity contribution >= 4 is 0 Å². The van der Waals surface area contributed by atoms with Crippen LogP contribution in [0.3, 0.4) is 0 Å². The molecule has 0 heterocycles. The second-order valence-electron chi connectivity index (χ2n) is 7.38. The normalized spacial score (nSPS) is 43.7. The van der Waals surface area contributed by atoms with Gasteiger partial charge >= 0.3 is 0 Å². The summed E-state index contributed by atoms with van der Waals surface area (Å²) < 4.78 is 0. The van der Waals surface area contributed by atoms with E-state index >= 15 is 0 Å². The van der Waals surface area contributed by atoms with E-state index in [2.05, 4.69) is 43.6 Å². The van der Waals surface area contributed by atoms with Crippen LogP contribution in [0.15, 0.2) is 24.3 Å². The Bertz CT molecular complexity index is 476. The van der Waals surface area contributed by atoms with Crippen LogP contribution >= 0.6 is 0 Å². The summed E-state index contributed by atoms with van der Waals surface area (Å²) in [6, 6.07) is 9.96. The van der Waals surface area contributed by atoms with Crippen LogP contribution in [0.5, 0.6) is 0 Å². The Hall–Kier alpha value is -0.820. The first-order valence-electron chi connectivity index (χ1n) is 7.95. The summed E-state index contributed by atoms with van der Waals surface area (Å²) in [5.74, 6) is 2.86. The standard InChI is InChI=1S/C18H25N/c1-12-5-3-4-6-16(12)18-9-13-7-14(10-18)17(19-2)15(8-13)11-18/h3-6,13-15,17,19H,7-11H2,1-2H3. The quantitative estimate of drug-likeness (QED) is 0.850. The maximum Gasteiger partial charge on any atom is 0.0121 e. The van der Waals surface area contributed by atoms with Gasteiger partial charge in [-0.15, -0.1) is 0 Å². The molecule has 5 rings (SSSR count). The number of nitrogens with one attached hydrogen (secondary N) is 1. The van der Waals surface area contributed by atoms with Gasteiger partial charge in [-0.2, -0.15) is 0 Å². The summed E-state index contributed by atoms with van der Waals surface area (Å²) >= 11 is 0. The lowest BCUT2D eigenvalue weighted by molar-refractivity contribution is -0.0328. The van der Waals surface area contributed by atoms with E-state index in [0.29, 0.717) is 5.41 Å². The zero-order chi connectivity index (χ0) is 13.0. The van der Waals surface area contributed by atoms with Gasteiger partial charge in [0.2, 0.25) is 0 Å². The van der Waals surface area contributed by atoms with Crippen molar-refractivity contribution in [3.63, 3.8) is 0 Å². The molecule has 0 aromatic heterocycles. The van der Waals surface area contributed by atoms with Crippen molar-refractivity contribution in [3.05, 3.63) is 35.4 Å². The van der Waals surface area contributed by atoms with Crippen LogP contribution in [0.25, 0.3) is 0 Å². The second-order valence-corrected chi connectivity index (χ2v) is 7.38. The molecule has 0 aliphatic heterocycles. The van der Waals surface area contributed by atoms with E-state index in [0.717, 1.165) is 23.8 Å². The van der Waals surface area contributed by atoms with Crippen LogP contribution in [0.2, 0.25) is 0 Å². The van der Waals surface area contributed by atoms with Crippen molar-refractivity contribution in [2.45, 2.75) is 50.5 Å². The molecule has 4 bridgehead atoms. The topological polar surface area (TPSA) is 12.0 Å². The van der Waals surface area contributed by atoms with Gasteiger partial charge in [-0.1, -0.05) is 24.3 Å². The van der Waals surface area contributed by atoms with Crippen molar-refractivity contribution in [2.24, 2.45) is 17.8 Å². The number of hydrogen-bond acceptors (Lipinski definition) is 1. The highest BCUT2D eigenvalue weighted by molar-refractivity contribution is 5.36. The van der Waals surface area contributed by atoms with E-state index in [4.69, 9.17) is 0 Å². The zero-order valence-electron chi connectivity index (χ0n) is 12.2. The Balaban J connectivity index is 1.76. The molecule has 1 aromatic rings. The summed E-state index contributed by atoms with van der Waals surface area (Å²) in [6.07, 6.45) is 7.28. The van der Waals surface area contributed by atoms with Crippen molar-refractivity contribution < 1.29 is 0 Å². The average molecular weight is 255 g/mol. The van der Waals surface area contributed by atoms with E-state index in [-0.39, 0.29) is 0 Å². The number of hydrogen-bond donors (Lipinski definition) is 1. The molecule has 0 amide bonds. The van der Waals surface area contributed by atoms with Gasteiger partial charge < -0.3 is 5.32 Å². The third-order valence-electron chi connectivity index (χ3n) is 6.32. The molecule has 4 aliphatic carbocycles. The predicted octanol–water partition coefficient (Wildman–Crippen LogP) is 3.66. The summed E-state index contributed by atoms with van der Waals surface area (Å²) in [5.41, 5.74) is 3.71. The fourth-order valence-corrected chi connectivity index (χ4v) is 5.99. The van der Waals surface area contributed by atoms with Crippen molar-refractivity contribution in [1.29, 1.82) is 0 Å². The number of rotatable bonds is 2. The van der Waals surface area contributed by atoms with Crippen LogP contribution in [-0.2, 0) is 5.41 Å². The predicted molar refractivity (Wildman–Crippen MR) is 79.3 cm³/mol.